The van der Waals surface area contributed by atoms with Gasteiger partial charge in [0, 0.05) is 13.7 Å². The lowest BCUT2D eigenvalue weighted by molar-refractivity contribution is 0.122. The number of sulfonamides is 1. The van der Waals surface area contributed by atoms with Crippen molar-refractivity contribution in [3.63, 3.8) is 0 Å². The van der Waals surface area contributed by atoms with Gasteiger partial charge in [-0.15, -0.1) is 0 Å². The molecule has 2 atom stereocenters. The van der Waals surface area contributed by atoms with E-state index in [2.05, 4.69) is 4.72 Å². The molecule has 0 spiro atoms. The lowest BCUT2D eigenvalue weighted by Gasteiger charge is -2.17. The zero-order valence-electron chi connectivity index (χ0n) is 9.19. The Bertz CT molecular complexity index is 303. The van der Waals surface area contributed by atoms with Crippen molar-refractivity contribution in [2.45, 2.75) is 31.6 Å². The maximum Gasteiger partial charge on any atom is 0.221 e. The molecule has 0 aromatic carbocycles. The van der Waals surface area contributed by atoms with Gasteiger partial charge in [0.1, 0.15) is 5.25 Å². The van der Waals surface area contributed by atoms with Gasteiger partial charge in [-0.1, -0.05) is 19.1 Å². The molecule has 15 heavy (non-hydrogen) atoms. The highest BCUT2D eigenvalue weighted by Crippen LogP contribution is 2.04. The van der Waals surface area contributed by atoms with E-state index in [4.69, 9.17) is 22.7 Å². The predicted octanol–water partition coefficient (Wildman–Crippen LogP) is 0.00540. The highest BCUT2D eigenvalue weighted by Gasteiger charge is 2.26. The van der Waals surface area contributed by atoms with Gasteiger partial charge in [-0.25, -0.2) is 13.1 Å². The van der Waals surface area contributed by atoms with Gasteiger partial charge in [0.05, 0.1) is 11.1 Å². The summed E-state index contributed by atoms with van der Waals surface area (Å²) in [5.74, 6) is 0. The Kier molecular flexibility index (Phi) is 6.26. The van der Waals surface area contributed by atoms with Gasteiger partial charge >= 0.3 is 0 Å². The zero-order chi connectivity index (χ0) is 12.1. The molecule has 5 nitrogen and oxygen atoms in total. The summed E-state index contributed by atoms with van der Waals surface area (Å²) < 4.78 is 30.7. The molecule has 3 N–H and O–H groups in total. The number of methoxy groups -OCH3 is 1. The third kappa shape index (κ3) is 4.87. The van der Waals surface area contributed by atoms with E-state index in [0.717, 1.165) is 0 Å². The monoisotopic (exact) mass is 254 g/mol. The minimum absolute atomic E-state index is 0.00456. The topological polar surface area (TPSA) is 81.4 Å². The van der Waals surface area contributed by atoms with Gasteiger partial charge in [0.15, 0.2) is 0 Å². The van der Waals surface area contributed by atoms with Gasteiger partial charge in [-0.3, -0.25) is 0 Å². The van der Waals surface area contributed by atoms with Gasteiger partial charge < -0.3 is 10.5 Å². The van der Waals surface area contributed by atoms with Gasteiger partial charge in [0.25, 0.3) is 0 Å². The molecule has 0 amide bonds. The summed E-state index contributed by atoms with van der Waals surface area (Å²) in [5.41, 5.74) is 5.35. The maximum absolute atomic E-state index is 11.7. The molecule has 90 valence electrons. The SMILES string of the molecule is CCC(C(N)=S)S(=O)(=O)NCC(C)OC. The molecular weight excluding hydrogens is 236 g/mol. The van der Waals surface area contributed by atoms with Crippen LogP contribution in [0.15, 0.2) is 0 Å². The predicted molar refractivity (Wildman–Crippen MR) is 64.3 cm³/mol. The van der Waals surface area contributed by atoms with Crippen LogP contribution in [0.1, 0.15) is 20.3 Å². The van der Waals surface area contributed by atoms with Crippen molar-refractivity contribution >= 4 is 27.2 Å². The van der Waals surface area contributed by atoms with Gasteiger partial charge in [0.2, 0.25) is 10.0 Å². The number of nitrogens with one attached hydrogen (secondary N) is 1. The average Bonchev–Trinajstić information content (AvgIpc) is 2.14. The molecule has 0 aromatic rings. The summed E-state index contributed by atoms with van der Waals surface area (Å²) in [7, 11) is -1.96. The molecule has 0 fully saturated rings. The van der Waals surface area contributed by atoms with E-state index in [0.29, 0.717) is 6.42 Å². The highest BCUT2D eigenvalue weighted by molar-refractivity contribution is 7.93. The van der Waals surface area contributed by atoms with Crippen LogP contribution in [0.5, 0.6) is 0 Å². The third-order valence-corrected chi connectivity index (χ3v) is 4.38. The van der Waals surface area contributed by atoms with Crippen LogP contribution in [-0.4, -0.2) is 38.4 Å². The van der Waals surface area contributed by atoms with Gasteiger partial charge in [-0.05, 0) is 13.3 Å². The van der Waals surface area contributed by atoms with Crippen LogP contribution < -0.4 is 10.5 Å². The summed E-state index contributed by atoms with van der Waals surface area (Å²) in [6.45, 7) is 3.71. The maximum atomic E-state index is 11.7. The van der Waals surface area contributed by atoms with E-state index in [-0.39, 0.29) is 17.6 Å². The van der Waals surface area contributed by atoms with E-state index in [1.165, 1.54) is 7.11 Å². The van der Waals surface area contributed by atoms with Crippen LogP contribution in [0.3, 0.4) is 0 Å². The molecule has 0 aliphatic carbocycles. The van der Waals surface area contributed by atoms with Crippen molar-refractivity contribution in [3.8, 4) is 0 Å². The van der Waals surface area contributed by atoms with Crippen molar-refractivity contribution in [1.29, 1.82) is 0 Å². The Morgan fingerprint density at radius 3 is 2.47 bits per heavy atom. The van der Waals surface area contributed by atoms with Crippen LogP contribution in [0, 0.1) is 0 Å². The molecule has 0 heterocycles. The number of thiocarbonyl (C=S) groups is 1. The van der Waals surface area contributed by atoms with Crippen molar-refractivity contribution in [1.82, 2.24) is 4.72 Å². The molecule has 0 bridgehead atoms. The molecule has 0 saturated heterocycles. The van der Waals surface area contributed by atoms with Crippen LogP contribution >= 0.6 is 12.2 Å². The molecule has 0 aliphatic rings. The fourth-order valence-corrected chi connectivity index (χ4v) is 2.95. The Morgan fingerprint density at radius 2 is 2.13 bits per heavy atom. The Balaban J connectivity index is 4.47. The molecule has 0 rings (SSSR count). The number of hydrogen-bond donors (Lipinski definition) is 2. The first-order valence-corrected chi connectivity index (χ1v) is 6.61. The lowest BCUT2D eigenvalue weighted by atomic mass is 10.3. The molecule has 0 aliphatic heterocycles. The molecule has 7 heteroatoms. The Labute approximate surface area is 96.4 Å². The summed E-state index contributed by atoms with van der Waals surface area (Å²) in [6, 6.07) is 0. The Morgan fingerprint density at radius 1 is 1.60 bits per heavy atom. The largest absolute Gasteiger partial charge is 0.392 e. The second kappa shape index (κ2) is 6.37. The van der Waals surface area contributed by atoms with Crippen molar-refractivity contribution in [3.05, 3.63) is 0 Å². The van der Waals surface area contributed by atoms with Crippen LogP contribution in [0.4, 0.5) is 0 Å². The molecule has 0 radical (unpaired) electrons. The van der Waals surface area contributed by atoms with Crippen molar-refractivity contribution in [2.24, 2.45) is 5.73 Å². The first-order chi connectivity index (χ1) is 6.85. The second-order valence-corrected chi connectivity index (χ2v) is 5.66. The number of nitrogens with two attached hydrogens (primary N) is 1. The Hall–Kier alpha value is -0.240. The van der Waals surface area contributed by atoms with Crippen molar-refractivity contribution < 1.29 is 13.2 Å². The summed E-state index contributed by atoms with van der Waals surface area (Å²) in [4.78, 5) is -0.00456. The van der Waals surface area contributed by atoms with Crippen molar-refractivity contribution in [2.75, 3.05) is 13.7 Å². The van der Waals surface area contributed by atoms with Crippen LogP contribution in [-0.2, 0) is 14.8 Å². The molecule has 0 aromatic heterocycles. The van der Waals surface area contributed by atoms with E-state index in [1.54, 1.807) is 13.8 Å². The van der Waals surface area contributed by atoms with Crippen LogP contribution in [0.25, 0.3) is 0 Å². The minimum atomic E-state index is -3.47. The second-order valence-electron chi connectivity index (χ2n) is 3.24. The molecular formula is C8H18N2O3S2. The highest BCUT2D eigenvalue weighted by atomic mass is 32.2. The van der Waals surface area contributed by atoms with E-state index in [1.807, 2.05) is 0 Å². The normalized spacial score (nSPS) is 15.9. The number of hydrogen-bond acceptors (Lipinski definition) is 4. The van der Waals surface area contributed by atoms with E-state index >= 15 is 0 Å². The minimum Gasteiger partial charge on any atom is -0.392 e. The van der Waals surface area contributed by atoms with Gasteiger partial charge in [-0.2, -0.15) is 0 Å². The number of rotatable bonds is 7. The number of ether oxygens (including phenoxy) is 1. The smallest absolute Gasteiger partial charge is 0.221 e. The fourth-order valence-electron chi connectivity index (χ4n) is 0.991. The first kappa shape index (κ1) is 14.8. The lowest BCUT2D eigenvalue weighted by Crippen LogP contribution is -2.43. The van der Waals surface area contributed by atoms with Crippen LogP contribution in [0.2, 0.25) is 0 Å². The summed E-state index contributed by atoms with van der Waals surface area (Å²) in [5, 5.41) is -0.809. The zero-order valence-corrected chi connectivity index (χ0v) is 10.8. The molecule has 0 saturated carbocycles. The fraction of sp³-hybridized carbons (Fsp3) is 0.875. The molecule has 2 unspecified atom stereocenters. The standard InChI is InChI=1S/C8H18N2O3S2/c1-4-7(8(9)14)15(11,12)10-5-6(2)13-3/h6-7,10H,4-5H2,1-3H3,(H2,9,14). The van der Waals surface area contributed by atoms with E-state index in [9.17, 15) is 8.42 Å². The van der Waals surface area contributed by atoms with E-state index < -0.39 is 15.3 Å². The quantitative estimate of drug-likeness (QED) is 0.625. The third-order valence-electron chi connectivity index (χ3n) is 2.04. The summed E-state index contributed by atoms with van der Waals surface area (Å²) >= 11 is 4.70. The average molecular weight is 254 g/mol. The first-order valence-electron chi connectivity index (χ1n) is 4.65. The summed E-state index contributed by atoms with van der Waals surface area (Å²) in [6.07, 6.45) is 0.190.